The molecule has 1 aromatic heterocycles. The molecular formula is C28H37FN4O5S. The van der Waals surface area contributed by atoms with Crippen LogP contribution in [-0.2, 0) is 26.0 Å². The van der Waals surface area contributed by atoms with Crippen LogP contribution in [0.4, 0.5) is 9.18 Å². The Morgan fingerprint density at radius 1 is 1.10 bits per heavy atom. The van der Waals surface area contributed by atoms with E-state index in [0.29, 0.717) is 24.1 Å². The molecule has 1 aromatic carbocycles. The van der Waals surface area contributed by atoms with Crippen molar-refractivity contribution in [3.8, 4) is 0 Å². The molecule has 5 rings (SSSR count). The Morgan fingerprint density at radius 3 is 2.41 bits per heavy atom. The summed E-state index contributed by atoms with van der Waals surface area (Å²) >= 11 is 0. The van der Waals surface area contributed by atoms with Crippen molar-refractivity contribution in [1.82, 2.24) is 19.9 Å². The highest BCUT2D eigenvalue weighted by Crippen LogP contribution is 2.43. The summed E-state index contributed by atoms with van der Waals surface area (Å²) in [5.41, 5.74) is 0.250. The molecule has 39 heavy (non-hydrogen) atoms. The van der Waals surface area contributed by atoms with Crippen molar-refractivity contribution in [2.75, 3.05) is 19.6 Å². The molecule has 2 fully saturated rings. The van der Waals surface area contributed by atoms with Gasteiger partial charge in [-0.1, -0.05) is 0 Å². The molecule has 1 aliphatic heterocycles. The predicted molar refractivity (Wildman–Crippen MR) is 145 cm³/mol. The number of amides is 2. The van der Waals surface area contributed by atoms with Gasteiger partial charge in [0.15, 0.2) is 0 Å². The van der Waals surface area contributed by atoms with Gasteiger partial charge in [-0.25, -0.2) is 22.3 Å². The number of carbonyl (C=O) groups excluding carboxylic acids is 2. The van der Waals surface area contributed by atoms with Gasteiger partial charge in [-0.3, -0.25) is 9.78 Å². The number of ether oxygens (including phenoxy) is 1. The minimum absolute atomic E-state index is 0.0747. The summed E-state index contributed by atoms with van der Waals surface area (Å²) in [6.45, 7) is 8.21. The summed E-state index contributed by atoms with van der Waals surface area (Å²) in [7, 11) is -4.05. The fraction of sp³-hybridized carbons (Fsp3) is 0.607. The Labute approximate surface area is 228 Å². The second-order valence-corrected chi connectivity index (χ2v) is 14.3. The third-order valence-corrected chi connectivity index (χ3v) is 8.84. The Bertz CT molecular complexity index is 1420. The molecule has 0 spiro atoms. The maximum absolute atomic E-state index is 14.2. The van der Waals surface area contributed by atoms with Crippen molar-refractivity contribution < 1.29 is 27.1 Å². The van der Waals surface area contributed by atoms with Crippen LogP contribution in [0.1, 0.15) is 82.7 Å². The molecule has 11 heteroatoms. The lowest BCUT2D eigenvalue weighted by Crippen LogP contribution is -2.56. The number of sulfonamides is 1. The lowest BCUT2D eigenvalue weighted by molar-refractivity contribution is -0.130. The smallest absolute Gasteiger partial charge is 0.410 e. The van der Waals surface area contributed by atoms with E-state index in [4.69, 9.17) is 4.74 Å². The van der Waals surface area contributed by atoms with Gasteiger partial charge in [0.1, 0.15) is 11.3 Å². The Balaban J connectivity index is 1.40. The second-order valence-electron chi connectivity index (χ2n) is 12.6. The molecule has 1 saturated carbocycles. The number of likely N-dealkylation sites (tertiary alicyclic amines) is 1. The molecule has 0 radical (unpaired) electrons. The monoisotopic (exact) mass is 560 g/mol. The summed E-state index contributed by atoms with van der Waals surface area (Å²) in [4.78, 5) is 31.5. The maximum Gasteiger partial charge on any atom is 0.410 e. The van der Waals surface area contributed by atoms with Gasteiger partial charge in [0.05, 0.1) is 16.9 Å². The van der Waals surface area contributed by atoms with Gasteiger partial charge in [-0.05, 0) is 83.6 Å². The number of rotatable bonds is 7. The molecular weight excluding hydrogens is 523 g/mol. The molecule has 3 aliphatic rings. The van der Waals surface area contributed by atoms with E-state index in [1.807, 2.05) is 6.07 Å². The predicted octanol–water partition coefficient (Wildman–Crippen LogP) is 4.11. The quantitative estimate of drug-likeness (QED) is 0.526. The summed E-state index contributed by atoms with van der Waals surface area (Å²) in [5, 5.41) is 4.39. The van der Waals surface area contributed by atoms with E-state index in [9.17, 15) is 22.4 Å². The number of nitrogens with zero attached hydrogens (tertiary/aromatic N) is 2. The fourth-order valence-electron chi connectivity index (χ4n) is 5.14. The number of benzene rings is 1. The number of nitrogens with one attached hydrogen (secondary N) is 2. The second kappa shape index (κ2) is 9.69. The van der Waals surface area contributed by atoms with Gasteiger partial charge >= 0.3 is 6.09 Å². The van der Waals surface area contributed by atoms with Gasteiger partial charge in [0.25, 0.3) is 0 Å². The molecule has 9 nitrogen and oxygen atoms in total. The first kappa shape index (κ1) is 27.8. The van der Waals surface area contributed by atoms with E-state index in [-0.39, 0.29) is 42.4 Å². The number of carbonyl (C=O) groups is 2. The van der Waals surface area contributed by atoms with Crippen LogP contribution in [0.15, 0.2) is 23.2 Å². The van der Waals surface area contributed by atoms with Crippen LogP contribution in [0.3, 0.4) is 0 Å². The summed E-state index contributed by atoms with van der Waals surface area (Å²) in [5.74, 6) is -0.205. The number of aryl methyl sites for hydroxylation is 1. The molecule has 2 aliphatic carbocycles. The van der Waals surface area contributed by atoms with Crippen molar-refractivity contribution in [3.63, 3.8) is 0 Å². The van der Waals surface area contributed by atoms with Gasteiger partial charge < -0.3 is 15.0 Å². The summed E-state index contributed by atoms with van der Waals surface area (Å²) in [6.07, 6.45) is 4.65. The van der Waals surface area contributed by atoms with Crippen LogP contribution in [0, 0.1) is 5.92 Å². The Morgan fingerprint density at radius 2 is 1.79 bits per heavy atom. The van der Waals surface area contributed by atoms with Gasteiger partial charge in [-0.2, -0.15) is 0 Å². The minimum Gasteiger partial charge on any atom is -0.444 e. The van der Waals surface area contributed by atoms with Gasteiger partial charge in [0.2, 0.25) is 15.9 Å². The van der Waals surface area contributed by atoms with E-state index >= 15 is 0 Å². The number of pyridine rings is 1. The molecule has 2 aromatic rings. The first-order valence-electron chi connectivity index (χ1n) is 13.5. The average molecular weight is 561 g/mol. The lowest BCUT2D eigenvalue weighted by atomic mass is 9.97. The zero-order valence-electron chi connectivity index (χ0n) is 23.1. The highest BCUT2D eigenvalue weighted by molar-refractivity contribution is 7.89. The van der Waals surface area contributed by atoms with Crippen LogP contribution in [-0.4, -0.2) is 61.2 Å². The third kappa shape index (κ3) is 6.04. The first-order chi connectivity index (χ1) is 18.1. The summed E-state index contributed by atoms with van der Waals surface area (Å²) in [6, 6.07) is 3.11. The molecule has 212 valence electrons. The van der Waals surface area contributed by atoms with Crippen LogP contribution < -0.4 is 10.0 Å². The number of aromatic nitrogens is 1. The van der Waals surface area contributed by atoms with Crippen LogP contribution in [0.25, 0.3) is 10.8 Å². The van der Waals surface area contributed by atoms with Crippen LogP contribution >= 0.6 is 0 Å². The average Bonchev–Trinajstić information content (AvgIpc) is 3.56. The number of halogens is 1. The number of hydrogen-bond acceptors (Lipinski definition) is 6. The van der Waals surface area contributed by atoms with Crippen molar-refractivity contribution in [2.45, 2.75) is 88.4 Å². The van der Waals surface area contributed by atoms with Crippen molar-refractivity contribution >= 4 is 32.8 Å². The SMILES string of the molecule is CC(C)(F)CNS(=O)(=O)c1cc2c(c3cnc(C4CC4)cc13)CC[C@@H]2NC(=O)C1CN(C(=O)OC(C)(C)C)C1. The molecule has 0 unspecified atom stereocenters. The molecule has 2 amide bonds. The Kier molecular flexibility index (Phi) is 6.90. The van der Waals surface area contributed by atoms with E-state index in [1.165, 1.54) is 18.7 Å². The van der Waals surface area contributed by atoms with E-state index in [2.05, 4.69) is 15.0 Å². The molecule has 0 bridgehead atoms. The highest BCUT2D eigenvalue weighted by Gasteiger charge is 2.40. The third-order valence-electron chi connectivity index (χ3n) is 7.40. The summed E-state index contributed by atoms with van der Waals surface area (Å²) < 4.78 is 48.9. The number of fused-ring (bicyclic) bond motifs is 3. The van der Waals surface area contributed by atoms with Crippen LogP contribution in [0.2, 0.25) is 0 Å². The Hall–Kier alpha value is -2.79. The maximum atomic E-state index is 14.2. The molecule has 1 atom stereocenters. The van der Waals surface area contributed by atoms with Crippen molar-refractivity contribution in [3.05, 3.63) is 35.2 Å². The van der Waals surface area contributed by atoms with E-state index in [0.717, 1.165) is 35.0 Å². The fourth-order valence-corrected chi connectivity index (χ4v) is 6.57. The first-order valence-corrected chi connectivity index (χ1v) is 15.0. The van der Waals surface area contributed by atoms with Crippen molar-refractivity contribution in [2.24, 2.45) is 5.92 Å². The number of hydrogen-bond donors (Lipinski definition) is 2. The van der Waals surface area contributed by atoms with Gasteiger partial charge in [0, 0.05) is 48.2 Å². The van der Waals surface area contributed by atoms with Crippen LogP contribution in [0.5, 0.6) is 0 Å². The molecule has 2 N–H and O–H groups in total. The number of alkyl halides is 1. The van der Waals surface area contributed by atoms with E-state index < -0.39 is 27.4 Å². The topological polar surface area (TPSA) is 118 Å². The van der Waals surface area contributed by atoms with Gasteiger partial charge in [-0.15, -0.1) is 0 Å². The standard InChI is InChI=1S/C28H37FN4O5S/c1-27(2,3)38-26(35)33-13-17(14-33)25(34)32-22-9-8-18-19(22)11-24(39(36,37)31-15-28(4,5)29)20-10-23(16-6-7-16)30-12-21(18)20/h10-12,16-17,22,31H,6-9,13-15H2,1-5H3,(H,32,34)/t22-/m0/s1. The largest absolute Gasteiger partial charge is 0.444 e. The normalized spacial score (nSPS) is 20.1. The molecule has 2 heterocycles. The zero-order valence-corrected chi connectivity index (χ0v) is 24.0. The minimum atomic E-state index is -4.05. The van der Waals surface area contributed by atoms with E-state index in [1.54, 1.807) is 33.0 Å². The zero-order chi connectivity index (χ0) is 28.3. The lowest BCUT2D eigenvalue weighted by Gasteiger charge is -2.39. The molecule has 1 saturated heterocycles. The highest BCUT2D eigenvalue weighted by atomic mass is 32.2. The van der Waals surface area contributed by atoms with Crippen molar-refractivity contribution in [1.29, 1.82) is 0 Å².